The van der Waals surface area contributed by atoms with E-state index in [4.69, 9.17) is 0 Å². The van der Waals surface area contributed by atoms with Gasteiger partial charge in [0, 0.05) is 17.7 Å². The quantitative estimate of drug-likeness (QED) is 0.529. The summed E-state index contributed by atoms with van der Waals surface area (Å²) in [5.41, 5.74) is 0.301. The van der Waals surface area contributed by atoms with Crippen molar-refractivity contribution in [2.75, 3.05) is 6.54 Å². The van der Waals surface area contributed by atoms with E-state index in [0.717, 1.165) is 12.1 Å². The van der Waals surface area contributed by atoms with Gasteiger partial charge in [0.1, 0.15) is 0 Å². The van der Waals surface area contributed by atoms with E-state index in [0.29, 0.717) is 13.0 Å². The molecule has 0 N–H and O–H groups in total. The summed E-state index contributed by atoms with van der Waals surface area (Å²) in [5.74, 6) is -0.586. The fourth-order valence-electron chi connectivity index (χ4n) is 2.35. The predicted molar refractivity (Wildman–Crippen MR) is 86.5 cm³/mol. The molecule has 1 heterocycles. The molecule has 1 aliphatic rings. The molecule has 114 valence electrons. The number of carbonyl (C=O) groups excluding carboxylic acids is 2. The average molecular weight is 287 g/mol. The predicted octanol–water partition coefficient (Wildman–Crippen LogP) is 3.65. The van der Waals surface area contributed by atoms with Gasteiger partial charge < -0.3 is 4.90 Å². The Morgan fingerprint density at radius 2 is 2.05 bits per heavy atom. The molecule has 1 unspecified atom stereocenters. The number of rotatable bonds is 7. The van der Waals surface area contributed by atoms with Crippen LogP contribution in [0.2, 0.25) is 0 Å². The summed E-state index contributed by atoms with van der Waals surface area (Å²) in [7, 11) is 0. The molecule has 0 saturated carbocycles. The summed E-state index contributed by atoms with van der Waals surface area (Å²) in [6.45, 7) is 13.7. The summed E-state index contributed by atoms with van der Waals surface area (Å²) in [4.78, 5) is 26.7. The number of amides is 1. The van der Waals surface area contributed by atoms with Crippen molar-refractivity contribution >= 4 is 11.7 Å². The van der Waals surface area contributed by atoms with E-state index in [1.807, 2.05) is 26.8 Å². The molecule has 1 rings (SSSR count). The highest BCUT2D eigenvalue weighted by molar-refractivity contribution is 6.05. The summed E-state index contributed by atoms with van der Waals surface area (Å²) in [5, 5.41) is 0. The van der Waals surface area contributed by atoms with Crippen molar-refractivity contribution in [1.29, 1.82) is 0 Å². The first kappa shape index (κ1) is 17.2. The molecule has 0 aromatic heterocycles. The molecule has 0 radical (unpaired) electrons. The zero-order valence-electron chi connectivity index (χ0n) is 13.3. The van der Waals surface area contributed by atoms with Gasteiger partial charge in [-0.2, -0.15) is 0 Å². The fourth-order valence-corrected chi connectivity index (χ4v) is 2.35. The lowest BCUT2D eigenvalue weighted by atomic mass is 9.78. The minimum atomic E-state index is -0.523. The second-order valence-corrected chi connectivity index (χ2v) is 5.85. The third-order valence-electron chi connectivity index (χ3n) is 4.08. The topological polar surface area (TPSA) is 37.4 Å². The van der Waals surface area contributed by atoms with E-state index in [1.54, 1.807) is 29.2 Å². The number of carbonyl (C=O) groups is 2. The number of allylic oxidation sites excluding steroid dienone is 5. The van der Waals surface area contributed by atoms with Crippen LogP contribution in [0.3, 0.4) is 0 Å². The van der Waals surface area contributed by atoms with E-state index in [2.05, 4.69) is 13.2 Å². The van der Waals surface area contributed by atoms with Gasteiger partial charge in [0.2, 0.25) is 5.91 Å². The van der Waals surface area contributed by atoms with Gasteiger partial charge in [0.15, 0.2) is 5.78 Å². The Labute approximate surface area is 127 Å². The molecule has 1 atom stereocenters. The summed E-state index contributed by atoms with van der Waals surface area (Å²) < 4.78 is 0. The summed E-state index contributed by atoms with van der Waals surface area (Å²) in [6.07, 6.45) is 9.97. The number of ketones is 1. The average Bonchev–Trinajstić information content (AvgIpc) is 2.84. The molecule has 0 aliphatic carbocycles. The molecule has 0 aromatic carbocycles. The molecule has 1 fully saturated rings. The number of hydrogen-bond donors (Lipinski definition) is 0. The number of Topliss-reactive ketones (excluding diaryl/α,β-unsaturated/α-hetero) is 1. The van der Waals surface area contributed by atoms with E-state index in [9.17, 15) is 9.59 Å². The third kappa shape index (κ3) is 3.81. The zero-order chi connectivity index (χ0) is 16.0. The Morgan fingerprint density at radius 1 is 1.38 bits per heavy atom. The van der Waals surface area contributed by atoms with Crippen LogP contribution in [0.15, 0.2) is 49.2 Å². The van der Waals surface area contributed by atoms with Gasteiger partial charge in [0.05, 0.1) is 5.92 Å². The lowest BCUT2D eigenvalue weighted by molar-refractivity contribution is -0.140. The van der Waals surface area contributed by atoms with Gasteiger partial charge in [-0.25, -0.2) is 0 Å². The molecule has 3 heteroatoms. The van der Waals surface area contributed by atoms with E-state index in [1.165, 1.54) is 0 Å². The van der Waals surface area contributed by atoms with Gasteiger partial charge >= 0.3 is 0 Å². The van der Waals surface area contributed by atoms with Crippen LogP contribution in [0, 0.1) is 11.3 Å². The largest absolute Gasteiger partial charge is 0.312 e. The minimum Gasteiger partial charge on any atom is -0.312 e. The Balaban J connectivity index is 2.97. The van der Waals surface area contributed by atoms with Crippen LogP contribution in [-0.2, 0) is 9.59 Å². The van der Waals surface area contributed by atoms with Crippen LogP contribution in [0.4, 0.5) is 0 Å². The monoisotopic (exact) mass is 287 g/mol. The number of nitrogens with zero attached hydrogens (tertiary/aromatic N) is 1. The van der Waals surface area contributed by atoms with Crippen LogP contribution in [-0.4, -0.2) is 23.1 Å². The highest BCUT2D eigenvalue weighted by Crippen LogP contribution is 2.32. The van der Waals surface area contributed by atoms with Crippen LogP contribution in [0.1, 0.15) is 33.6 Å². The normalized spacial score (nSPS) is 20.1. The number of hydrogen-bond acceptors (Lipinski definition) is 2. The van der Waals surface area contributed by atoms with E-state index in [-0.39, 0.29) is 11.7 Å². The maximum atomic E-state index is 12.6. The SMILES string of the molecule is C=C/C=C\C(=C/C=C)N1CCC(C(=O)C(C)(C)CC)C1=O. The smallest absolute Gasteiger partial charge is 0.237 e. The Bertz CT molecular complexity index is 497. The van der Waals surface area contributed by atoms with Crippen molar-refractivity contribution < 1.29 is 9.59 Å². The highest BCUT2D eigenvalue weighted by Gasteiger charge is 2.42. The first-order valence-electron chi connectivity index (χ1n) is 7.36. The molecule has 0 spiro atoms. The molecule has 1 aliphatic heterocycles. The maximum Gasteiger partial charge on any atom is 0.237 e. The van der Waals surface area contributed by atoms with Crippen molar-refractivity contribution in [2.45, 2.75) is 33.6 Å². The van der Waals surface area contributed by atoms with Crippen LogP contribution >= 0.6 is 0 Å². The van der Waals surface area contributed by atoms with Crippen molar-refractivity contribution in [3.63, 3.8) is 0 Å². The Kier molecular flexibility index (Phi) is 5.89. The lowest BCUT2D eigenvalue weighted by Crippen LogP contribution is -2.36. The second-order valence-electron chi connectivity index (χ2n) is 5.85. The minimum absolute atomic E-state index is 0.0446. The maximum absolute atomic E-state index is 12.6. The van der Waals surface area contributed by atoms with Crippen LogP contribution in [0.25, 0.3) is 0 Å². The molecular formula is C18H25NO2. The Morgan fingerprint density at radius 3 is 2.57 bits per heavy atom. The number of likely N-dealkylation sites (tertiary alicyclic amines) is 1. The van der Waals surface area contributed by atoms with Gasteiger partial charge in [-0.1, -0.05) is 52.2 Å². The molecule has 1 saturated heterocycles. The lowest BCUT2D eigenvalue weighted by Gasteiger charge is -2.24. The van der Waals surface area contributed by atoms with Gasteiger partial charge in [-0.3, -0.25) is 9.59 Å². The fraction of sp³-hybridized carbons (Fsp3) is 0.444. The van der Waals surface area contributed by atoms with Crippen molar-refractivity contribution in [2.24, 2.45) is 11.3 Å². The molecule has 0 bridgehead atoms. The molecule has 21 heavy (non-hydrogen) atoms. The molecule has 0 aromatic rings. The van der Waals surface area contributed by atoms with Gasteiger partial charge in [-0.15, -0.1) is 0 Å². The van der Waals surface area contributed by atoms with E-state index < -0.39 is 11.3 Å². The summed E-state index contributed by atoms with van der Waals surface area (Å²) >= 11 is 0. The molecule has 1 amide bonds. The second kappa shape index (κ2) is 7.21. The first-order chi connectivity index (χ1) is 9.88. The van der Waals surface area contributed by atoms with Crippen molar-refractivity contribution in [3.8, 4) is 0 Å². The first-order valence-corrected chi connectivity index (χ1v) is 7.36. The molecule has 3 nitrogen and oxygen atoms in total. The zero-order valence-corrected chi connectivity index (χ0v) is 13.3. The van der Waals surface area contributed by atoms with Gasteiger partial charge in [0.25, 0.3) is 0 Å². The van der Waals surface area contributed by atoms with Crippen molar-refractivity contribution in [1.82, 2.24) is 4.90 Å². The summed E-state index contributed by atoms with van der Waals surface area (Å²) in [6, 6.07) is 0. The van der Waals surface area contributed by atoms with Crippen molar-refractivity contribution in [3.05, 3.63) is 49.2 Å². The highest BCUT2D eigenvalue weighted by atomic mass is 16.2. The van der Waals surface area contributed by atoms with Crippen LogP contribution in [0.5, 0.6) is 0 Å². The Hall–Kier alpha value is -1.90. The third-order valence-corrected chi connectivity index (χ3v) is 4.08. The van der Waals surface area contributed by atoms with Crippen LogP contribution < -0.4 is 0 Å². The molecular weight excluding hydrogens is 262 g/mol. The van der Waals surface area contributed by atoms with Gasteiger partial charge in [-0.05, 0) is 25.0 Å². The standard InChI is InChI=1S/C18H25NO2/c1-6-9-11-14(10-7-2)19-13-12-15(17(19)21)16(20)18(4,5)8-3/h6-7,9-11,15H,1-2,8,12-13H2,3-5H3/b11-9-,14-10+. The van der Waals surface area contributed by atoms with E-state index >= 15 is 0 Å².